The third-order valence-corrected chi connectivity index (χ3v) is 3.72. The zero-order chi connectivity index (χ0) is 16.7. The number of aliphatic hydroxyl groups is 1. The van der Waals surface area contributed by atoms with Gasteiger partial charge in [0.15, 0.2) is 0 Å². The highest BCUT2D eigenvalue weighted by Crippen LogP contribution is 2.21. The molecule has 1 aromatic carbocycles. The summed E-state index contributed by atoms with van der Waals surface area (Å²) in [5.41, 5.74) is 1.12. The molecule has 0 saturated heterocycles. The van der Waals surface area contributed by atoms with Gasteiger partial charge in [-0.1, -0.05) is 44.2 Å². The number of nitrogens with zero attached hydrogens (tertiary/aromatic N) is 1. The summed E-state index contributed by atoms with van der Waals surface area (Å²) >= 11 is 0. The van der Waals surface area contributed by atoms with Gasteiger partial charge in [0.2, 0.25) is 5.91 Å². The number of benzene rings is 1. The van der Waals surface area contributed by atoms with Crippen molar-refractivity contribution in [2.45, 2.75) is 52.8 Å². The predicted octanol–water partition coefficient (Wildman–Crippen LogP) is 2.59. The number of nitrogens with one attached hydrogen (secondary N) is 1. The second kappa shape index (κ2) is 8.91. The van der Waals surface area contributed by atoms with Crippen LogP contribution in [-0.2, 0) is 4.79 Å². The molecule has 4 nitrogen and oxygen atoms in total. The van der Waals surface area contributed by atoms with Crippen LogP contribution in [0.2, 0.25) is 0 Å². The maximum atomic E-state index is 12.4. The van der Waals surface area contributed by atoms with Gasteiger partial charge in [0.1, 0.15) is 0 Å². The molecule has 0 aliphatic rings. The van der Waals surface area contributed by atoms with Crippen molar-refractivity contribution in [2.24, 2.45) is 5.92 Å². The summed E-state index contributed by atoms with van der Waals surface area (Å²) in [6, 6.07) is 10.3. The Morgan fingerprint density at radius 3 is 2.18 bits per heavy atom. The van der Waals surface area contributed by atoms with Crippen LogP contribution in [0.4, 0.5) is 0 Å². The largest absolute Gasteiger partial charge is 0.392 e. The van der Waals surface area contributed by atoms with Gasteiger partial charge in [-0.3, -0.25) is 9.69 Å². The van der Waals surface area contributed by atoms with Gasteiger partial charge in [0.05, 0.1) is 18.7 Å². The summed E-state index contributed by atoms with van der Waals surface area (Å²) in [7, 11) is 0. The fraction of sp³-hybridized carbons (Fsp3) is 0.611. The topological polar surface area (TPSA) is 52.6 Å². The van der Waals surface area contributed by atoms with Crippen molar-refractivity contribution >= 4 is 5.91 Å². The van der Waals surface area contributed by atoms with E-state index in [-0.39, 0.29) is 18.0 Å². The standard InChI is InChI=1S/C18H30N2O2/c1-13(2)18(16-9-7-6-8-10-16)19-17(22)12-20(14(3)4)11-15(5)21/h6-10,13-15,18,21H,11-12H2,1-5H3,(H,19,22). The Hall–Kier alpha value is -1.39. The Kier molecular flexibility index (Phi) is 7.56. The van der Waals surface area contributed by atoms with Gasteiger partial charge in [0.25, 0.3) is 0 Å². The van der Waals surface area contributed by atoms with Crippen molar-refractivity contribution in [3.63, 3.8) is 0 Å². The maximum Gasteiger partial charge on any atom is 0.234 e. The summed E-state index contributed by atoms with van der Waals surface area (Å²) in [4.78, 5) is 14.4. The van der Waals surface area contributed by atoms with Crippen LogP contribution in [0.3, 0.4) is 0 Å². The van der Waals surface area contributed by atoms with Crippen LogP contribution in [0.25, 0.3) is 0 Å². The average molecular weight is 306 g/mol. The molecular formula is C18H30N2O2. The van der Waals surface area contributed by atoms with Crippen molar-refractivity contribution in [3.8, 4) is 0 Å². The SMILES string of the molecule is CC(O)CN(CC(=O)NC(c1ccccc1)C(C)C)C(C)C. The van der Waals surface area contributed by atoms with E-state index < -0.39 is 6.10 Å². The van der Waals surface area contributed by atoms with Crippen LogP contribution in [0.15, 0.2) is 30.3 Å². The molecule has 0 saturated carbocycles. The van der Waals surface area contributed by atoms with Crippen LogP contribution in [0, 0.1) is 5.92 Å². The van der Waals surface area contributed by atoms with Crippen molar-refractivity contribution in [2.75, 3.05) is 13.1 Å². The highest BCUT2D eigenvalue weighted by Gasteiger charge is 2.21. The van der Waals surface area contributed by atoms with Gasteiger partial charge in [-0.25, -0.2) is 0 Å². The summed E-state index contributed by atoms with van der Waals surface area (Å²) in [6.45, 7) is 10.8. The van der Waals surface area contributed by atoms with E-state index in [9.17, 15) is 9.90 Å². The van der Waals surface area contributed by atoms with Crippen LogP contribution in [-0.4, -0.2) is 41.1 Å². The lowest BCUT2D eigenvalue weighted by Gasteiger charge is -2.29. The lowest BCUT2D eigenvalue weighted by molar-refractivity contribution is -0.124. The zero-order valence-electron chi connectivity index (χ0n) is 14.4. The Balaban J connectivity index is 2.71. The number of amides is 1. The lowest BCUT2D eigenvalue weighted by atomic mass is 9.96. The molecule has 4 heteroatoms. The van der Waals surface area contributed by atoms with E-state index in [4.69, 9.17) is 0 Å². The summed E-state index contributed by atoms with van der Waals surface area (Å²) in [5, 5.41) is 12.7. The molecule has 0 heterocycles. The molecule has 0 radical (unpaired) electrons. The molecule has 1 rings (SSSR count). The van der Waals surface area contributed by atoms with E-state index in [1.54, 1.807) is 6.92 Å². The maximum absolute atomic E-state index is 12.4. The predicted molar refractivity (Wildman–Crippen MR) is 90.6 cm³/mol. The summed E-state index contributed by atoms with van der Waals surface area (Å²) in [5.74, 6) is 0.313. The first-order valence-electron chi connectivity index (χ1n) is 8.07. The summed E-state index contributed by atoms with van der Waals surface area (Å²) < 4.78 is 0. The third kappa shape index (κ3) is 6.16. The van der Waals surface area contributed by atoms with Gasteiger partial charge in [-0.15, -0.1) is 0 Å². The van der Waals surface area contributed by atoms with E-state index >= 15 is 0 Å². The minimum atomic E-state index is -0.440. The van der Waals surface area contributed by atoms with Crippen LogP contribution in [0.5, 0.6) is 0 Å². The molecule has 2 unspecified atom stereocenters. The molecule has 1 amide bonds. The first-order valence-corrected chi connectivity index (χ1v) is 8.07. The van der Waals surface area contributed by atoms with Gasteiger partial charge >= 0.3 is 0 Å². The number of carbonyl (C=O) groups is 1. The molecule has 0 bridgehead atoms. The second-order valence-corrected chi connectivity index (χ2v) is 6.57. The molecule has 0 spiro atoms. The fourth-order valence-electron chi connectivity index (χ4n) is 2.50. The first-order chi connectivity index (χ1) is 10.3. The number of rotatable bonds is 8. The quantitative estimate of drug-likeness (QED) is 0.776. The van der Waals surface area contributed by atoms with E-state index in [2.05, 4.69) is 19.2 Å². The second-order valence-electron chi connectivity index (χ2n) is 6.57. The smallest absolute Gasteiger partial charge is 0.234 e. The summed E-state index contributed by atoms with van der Waals surface area (Å²) in [6.07, 6.45) is -0.440. The van der Waals surface area contributed by atoms with Gasteiger partial charge in [-0.05, 0) is 32.3 Å². The molecule has 2 atom stereocenters. The fourth-order valence-corrected chi connectivity index (χ4v) is 2.50. The minimum absolute atomic E-state index is 0.00287. The van der Waals surface area contributed by atoms with E-state index in [1.165, 1.54) is 0 Å². The van der Waals surface area contributed by atoms with Crippen LogP contribution >= 0.6 is 0 Å². The molecule has 0 aromatic heterocycles. The Morgan fingerprint density at radius 1 is 1.14 bits per heavy atom. The Labute approximate surface area is 134 Å². The Morgan fingerprint density at radius 2 is 1.73 bits per heavy atom. The Bertz CT molecular complexity index is 444. The minimum Gasteiger partial charge on any atom is -0.392 e. The zero-order valence-corrected chi connectivity index (χ0v) is 14.4. The number of carbonyl (C=O) groups excluding carboxylic acids is 1. The molecule has 0 aliphatic heterocycles. The van der Waals surface area contributed by atoms with E-state index in [1.807, 2.05) is 49.1 Å². The van der Waals surface area contributed by atoms with Crippen molar-refractivity contribution in [1.29, 1.82) is 0 Å². The van der Waals surface area contributed by atoms with E-state index in [0.717, 1.165) is 5.56 Å². The molecule has 1 aromatic rings. The van der Waals surface area contributed by atoms with E-state index in [0.29, 0.717) is 19.0 Å². The monoisotopic (exact) mass is 306 g/mol. The molecule has 22 heavy (non-hydrogen) atoms. The van der Waals surface area contributed by atoms with Crippen LogP contribution < -0.4 is 5.32 Å². The highest BCUT2D eigenvalue weighted by molar-refractivity contribution is 5.78. The van der Waals surface area contributed by atoms with Crippen LogP contribution in [0.1, 0.15) is 46.2 Å². The van der Waals surface area contributed by atoms with Crippen molar-refractivity contribution in [3.05, 3.63) is 35.9 Å². The van der Waals surface area contributed by atoms with Gasteiger partial charge in [0, 0.05) is 12.6 Å². The van der Waals surface area contributed by atoms with Gasteiger partial charge in [-0.2, -0.15) is 0 Å². The first kappa shape index (κ1) is 18.7. The number of hydrogen-bond donors (Lipinski definition) is 2. The lowest BCUT2D eigenvalue weighted by Crippen LogP contribution is -2.45. The molecular weight excluding hydrogens is 276 g/mol. The van der Waals surface area contributed by atoms with Crippen molar-refractivity contribution in [1.82, 2.24) is 10.2 Å². The normalized spacial score (nSPS) is 14.4. The highest BCUT2D eigenvalue weighted by atomic mass is 16.3. The average Bonchev–Trinajstić information content (AvgIpc) is 2.44. The number of aliphatic hydroxyl groups excluding tert-OH is 1. The molecule has 0 aliphatic carbocycles. The third-order valence-electron chi connectivity index (χ3n) is 3.72. The van der Waals surface area contributed by atoms with Gasteiger partial charge < -0.3 is 10.4 Å². The molecule has 2 N–H and O–H groups in total. The molecule has 0 fully saturated rings. The molecule has 124 valence electrons. The van der Waals surface area contributed by atoms with Crippen molar-refractivity contribution < 1.29 is 9.90 Å². The number of hydrogen-bond acceptors (Lipinski definition) is 3.